The van der Waals surface area contributed by atoms with E-state index in [0.29, 0.717) is 28.5 Å². The van der Waals surface area contributed by atoms with Crippen molar-refractivity contribution < 1.29 is 14.2 Å². The number of nitrogens with two attached hydrogens (primary N) is 1. The van der Waals surface area contributed by atoms with Crippen LogP contribution in [0.25, 0.3) is 11.1 Å². The Labute approximate surface area is 180 Å². The van der Waals surface area contributed by atoms with Gasteiger partial charge in [-0.2, -0.15) is 5.26 Å². The lowest BCUT2D eigenvalue weighted by Crippen LogP contribution is -2.41. The number of benzene rings is 1. The van der Waals surface area contributed by atoms with Crippen molar-refractivity contribution in [2.75, 3.05) is 5.73 Å². The minimum absolute atomic E-state index is 0.0306. The molecule has 0 radical (unpaired) electrons. The minimum Gasteiger partial charge on any atom is -0.490 e. The maximum Gasteiger partial charge on any atom is 0.242 e. The molecule has 3 aliphatic rings. The maximum absolute atomic E-state index is 9.71. The fourth-order valence-corrected chi connectivity index (χ4v) is 4.05. The summed E-state index contributed by atoms with van der Waals surface area (Å²) in [7, 11) is 1.72. The summed E-state index contributed by atoms with van der Waals surface area (Å²) >= 11 is 0. The fraction of sp³-hybridized carbons (Fsp3) is 0.348. The highest BCUT2D eigenvalue weighted by atomic mass is 16.5. The third kappa shape index (κ3) is 3.32. The van der Waals surface area contributed by atoms with Crippen LogP contribution >= 0.6 is 0 Å². The third-order valence-electron chi connectivity index (χ3n) is 5.82. The van der Waals surface area contributed by atoms with Gasteiger partial charge < -0.3 is 19.9 Å². The molecule has 0 amide bonds. The zero-order chi connectivity index (χ0) is 21.7. The summed E-state index contributed by atoms with van der Waals surface area (Å²) in [5.41, 5.74) is 9.84. The number of fused-ring (bicyclic) bond motifs is 1. The first-order chi connectivity index (χ1) is 14.9. The van der Waals surface area contributed by atoms with E-state index in [1.165, 1.54) is 4.68 Å². The highest BCUT2D eigenvalue weighted by Gasteiger charge is 2.36. The van der Waals surface area contributed by atoms with Crippen LogP contribution in [-0.4, -0.2) is 27.0 Å². The number of nitriles is 1. The molecule has 1 fully saturated rings. The Hall–Kier alpha value is -3.73. The van der Waals surface area contributed by atoms with Crippen LogP contribution in [0.4, 0.5) is 5.82 Å². The summed E-state index contributed by atoms with van der Waals surface area (Å²) < 4.78 is 20.2. The average molecular weight is 417 g/mol. The van der Waals surface area contributed by atoms with E-state index >= 15 is 0 Å². The van der Waals surface area contributed by atoms with Crippen LogP contribution in [0, 0.1) is 18.3 Å². The highest BCUT2D eigenvalue weighted by molar-refractivity contribution is 5.76. The van der Waals surface area contributed by atoms with Gasteiger partial charge in [-0.25, -0.2) is 4.98 Å². The molecule has 1 atom stereocenters. The highest BCUT2D eigenvalue weighted by Crippen LogP contribution is 2.41. The van der Waals surface area contributed by atoms with Crippen LogP contribution in [0.2, 0.25) is 0 Å². The van der Waals surface area contributed by atoms with Crippen molar-refractivity contribution in [1.29, 1.82) is 5.26 Å². The Morgan fingerprint density at radius 1 is 1.13 bits per heavy atom. The summed E-state index contributed by atoms with van der Waals surface area (Å²) in [5, 5.41) is 14.1. The van der Waals surface area contributed by atoms with E-state index in [1.807, 2.05) is 26.0 Å². The predicted octanol–water partition coefficient (Wildman–Crippen LogP) is 3.69. The second kappa shape index (κ2) is 7.20. The molecule has 3 aromatic rings. The monoisotopic (exact) mass is 417 g/mol. The van der Waals surface area contributed by atoms with Crippen molar-refractivity contribution in [2.24, 2.45) is 7.05 Å². The smallest absolute Gasteiger partial charge is 0.242 e. The van der Waals surface area contributed by atoms with E-state index in [9.17, 15) is 5.26 Å². The van der Waals surface area contributed by atoms with Crippen molar-refractivity contribution in [2.45, 2.75) is 45.0 Å². The number of ether oxygens (including phenoxy) is 3. The van der Waals surface area contributed by atoms with Gasteiger partial charge in [-0.05, 0) is 32.0 Å². The number of pyridine rings is 1. The summed E-state index contributed by atoms with van der Waals surface area (Å²) in [6, 6.07) is 10.1. The van der Waals surface area contributed by atoms with Crippen LogP contribution in [0.1, 0.15) is 42.7 Å². The first-order valence-electron chi connectivity index (χ1n) is 10.3. The first-order valence-corrected chi connectivity index (χ1v) is 10.3. The largest absolute Gasteiger partial charge is 0.490 e. The normalized spacial score (nSPS) is 21.7. The van der Waals surface area contributed by atoms with Crippen LogP contribution in [0.5, 0.6) is 17.4 Å². The van der Waals surface area contributed by atoms with E-state index in [1.54, 1.807) is 19.3 Å². The molecule has 0 spiro atoms. The van der Waals surface area contributed by atoms with Gasteiger partial charge in [0.25, 0.3) is 0 Å². The Kier molecular flexibility index (Phi) is 4.47. The van der Waals surface area contributed by atoms with Gasteiger partial charge in [-0.15, -0.1) is 5.10 Å². The van der Waals surface area contributed by atoms with E-state index in [2.05, 4.69) is 22.2 Å². The average Bonchev–Trinajstić information content (AvgIpc) is 3.03. The maximum atomic E-state index is 9.71. The number of nitrogens with zero attached hydrogens (tertiary/aromatic N) is 4. The molecule has 0 unspecified atom stereocenters. The van der Waals surface area contributed by atoms with E-state index in [4.69, 9.17) is 19.9 Å². The second-order valence-electron chi connectivity index (χ2n) is 8.12. The molecule has 2 N–H and O–H groups in total. The van der Waals surface area contributed by atoms with Crippen LogP contribution in [0.3, 0.4) is 0 Å². The van der Waals surface area contributed by atoms with Crippen molar-refractivity contribution in [1.82, 2.24) is 14.8 Å². The Morgan fingerprint density at radius 2 is 1.90 bits per heavy atom. The van der Waals surface area contributed by atoms with Gasteiger partial charge >= 0.3 is 0 Å². The number of nitrogen functional groups attached to an aromatic ring is 1. The third-order valence-corrected chi connectivity index (χ3v) is 5.82. The summed E-state index contributed by atoms with van der Waals surface area (Å²) in [5.74, 6) is 1.90. The molecule has 8 nitrogen and oxygen atoms in total. The van der Waals surface area contributed by atoms with Crippen LogP contribution < -0.4 is 19.9 Å². The van der Waals surface area contributed by atoms with Gasteiger partial charge in [0.1, 0.15) is 35.8 Å². The molecule has 1 aromatic carbocycles. The Balaban J connectivity index is 1.65. The molecule has 4 bridgehead atoms. The lowest BCUT2D eigenvalue weighted by atomic mass is 9.91. The predicted molar refractivity (Wildman–Crippen MR) is 114 cm³/mol. The van der Waals surface area contributed by atoms with E-state index in [0.717, 1.165) is 29.7 Å². The second-order valence-corrected chi connectivity index (χ2v) is 8.12. The molecule has 31 heavy (non-hydrogen) atoms. The molecule has 0 saturated heterocycles. The number of anilines is 1. The molecule has 2 aromatic heterocycles. The lowest BCUT2D eigenvalue weighted by molar-refractivity contribution is 0.000970. The van der Waals surface area contributed by atoms with Gasteiger partial charge in [0, 0.05) is 37.2 Å². The summed E-state index contributed by atoms with van der Waals surface area (Å²) in [6.45, 7) is 4.00. The molecule has 4 heterocycles. The number of hydrogen-bond donors (Lipinski definition) is 1. The number of aryl methyl sites for hydroxylation is 2. The molecular formula is C23H23N5O3. The standard InChI is InChI=1S/C23H23N5O3/c1-12-4-5-19-17(6-12)13(2)29-20-7-14(11-26-22(20)25)21-18(10-24)28(3)27-23(21)31-16-8-15(9-16)30-19/h4-7,11,13,15-16H,8-9H2,1-3H3,(H2,25,26)/t13-,15?,16?/m1/s1. The summed E-state index contributed by atoms with van der Waals surface area (Å²) in [6.07, 6.45) is 2.81. The van der Waals surface area contributed by atoms with Crippen molar-refractivity contribution in [3.63, 3.8) is 0 Å². The van der Waals surface area contributed by atoms with Crippen molar-refractivity contribution in [3.05, 3.63) is 47.3 Å². The molecule has 2 aliphatic heterocycles. The van der Waals surface area contributed by atoms with Gasteiger partial charge in [0.05, 0.1) is 5.56 Å². The molecule has 158 valence electrons. The van der Waals surface area contributed by atoms with Gasteiger partial charge in [0.2, 0.25) is 5.88 Å². The topological polar surface area (TPSA) is 108 Å². The van der Waals surface area contributed by atoms with Crippen LogP contribution in [0.15, 0.2) is 30.5 Å². The number of aromatic nitrogens is 3. The SMILES string of the molecule is Cc1ccc2c(c1)[C@@H](C)Oc1cc(cnc1N)-c1c(nn(C)c1C#N)OC1CC(C1)O2. The molecule has 8 heteroatoms. The molecule has 6 rings (SSSR count). The lowest BCUT2D eigenvalue weighted by Gasteiger charge is -2.36. The van der Waals surface area contributed by atoms with Gasteiger partial charge in [-0.1, -0.05) is 11.6 Å². The number of rotatable bonds is 0. The molecule has 1 saturated carbocycles. The molecule has 1 aliphatic carbocycles. The van der Waals surface area contributed by atoms with Crippen molar-refractivity contribution >= 4 is 5.82 Å². The Bertz CT molecular complexity index is 1210. The van der Waals surface area contributed by atoms with Crippen LogP contribution in [-0.2, 0) is 7.05 Å². The quantitative estimate of drug-likeness (QED) is 0.594. The minimum atomic E-state index is -0.312. The van der Waals surface area contributed by atoms with Gasteiger partial charge in [0.15, 0.2) is 11.6 Å². The number of hydrogen-bond acceptors (Lipinski definition) is 7. The molecular weight excluding hydrogens is 394 g/mol. The van der Waals surface area contributed by atoms with Gasteiger partial charge in [-0.3, -0.25) is 4.68 Å². The zero-order valence-electron chi connectivity index (χ0n) is 17.6. The zero-order valence-corrected chi connectivity index (χ0v) is 17.6. The van der Waals surface area contributed by atoms with E-state index < -0.39 is 0 Å². The Morgan fingerprint density at radius 3 is 2.68 bits per heavy atom. The van der Waals surface area contributed by atoms with E-state index in [-0.39, 0.29) is 24.1 Å². The van der Waals surface area contributed by atoms with Crippen molar-refractivity contribution in [3.8, 4) is 34.6 Å². The first kappa shape index (κ1) is 19.2. The fourth-order valence-electron chi connectivity index (χ4n) is 4.05. The summed E-state index contributed by atoms with van der Waals surface area (Å²) in [4.78, 5) is 4.31.